The minimum atomic E-state index is -0.0936. The maximum atomic E-state index is 2.57. The zero-order chi connectivity index (χ0) is 23.9. The second-order valence-electron chi connectivity index (χ2n) is 10.5. The van der Waals surface area contributed by atoms with Gasteiger partial charge < -0.3 is 4.90 Å². The number of nitrogens with zero attached hydrogens (tertiary/aromatic N) is 2. The van der Waals surface area contributed by atoms with E-state index < -0.39 is 0 Å². The van der Waals surface area contributed by atoms with E-state index in [9.17, 15) is 0 Å². The average Bonchev–Trinajstić information content (AvgIpc) is 3.21. The summed E-state index contributed by atoms with van der Waals surface area (Å²) in [4.78, 5) is 2.55. The highest BCUT2D eigenvalue weighted by Crippen LogP contribution is 2.50. The molecule has 3 aromatic carbocycles. The summed E-state index contributed by atoms with van der Waals surface area (Å²) < 4.78 is 2.57. The van der Waals surface area contributed by atoms with Crippen LogP contribution in [0.2, 0.25) is 0 Å². The molecule has 1 atom stereocenters. The van der Waals surface area contributed by atoms with E-state index in [0.29, 0.717) is 0 Å². The van der Waals surface area contributed by atoms with Crippen LogP contribution in [0.3, 0.4) is 0 Å². The van der Waals surface area contributed by atoms with Crippen LogP contribution in [0, 0.1) is 0 Å². The van der Waals surface area contributed by atoms with E-state index in [4.69, 9.17) is 0 Å². The van der Waals surface area contributed by atoms with E-state index in [0.717, 1.165) is 25.9 Å². The smallest absolute Gasteiger partial charge is 0.209 e. The second kappa shape index (κ2) is 8.58. The standard InChI is InChI=1S/C32H37N2/c1-6-21-34-27-19-13-11-17-25(27)31(3,4)29(34)22-30-32(5,23-24-15-9-8-10-16-24)26-18-12-14-20-28(26)33(30)7-2/h8-20,22H,6-7,21,23H2,1-5H3/q+1. The maximum Gasteiger partial charge on any atom is 0.209 e. The van der Waals surface area contributed by atoms with Gasteiger partial charge >= 0.3 is 0 Å². The van der Waals surface area contributed by atoms with Gasteiger partial charge in [-0.15, -0.1) is 0 Å². The second-order valence-corrected chi connectivity index (χ2v) is 10.5. The van der Waals surface area contributed by atoms with E-state index in [1.807, 2.05) is 0 Å². The van der Waals surface area contributed by atoms with Crippen LogP contribution in [0.25, 0.3) is 0 Å². The highest BCUT2D eigenvalue weighted by Gasteiger charge is 2.48. The van der Waals surface area contributed by atoms with Crippen LogP contribution in [0.4, 0.5) is 11.4 Å². The van der Waals surface area contributed by atoms with Gasteiger partial charge in [-0.05, 0) is 51.3 Å². The monoisotopic (exact) mass is 449 g/mol. The van der Waals surface area contributed by atoms with Gasteiger partial charge in [-0.2, -0.15) is 4.58 Å². The van der Waals surface area contributed by atoms with Gasteiger partial charge in [0.1, 0.15) is 6.54 Å². The van der Waals surface area contributed by atoms with E-state index in [1.54, 1.807) is 0 Å². The van der Waals surface area contributed by atoms with Crippen molar-refractivity contribution in [3.05, 3.63) is 107 Å². The molecule has 0 aromatic heterocycles. The molecule has 2 nitrogen and oxygen atoms in total. The summed E-state index contributed by atoms with van der Waals surface area (Å²) in [6.07, 6.45) is 4.65. The van der Waals surface area contributed by atoms with Crippen molar-refractivity contribution in [1.29, 1.82) is 0 Å². The first-order valence-electron chi connectivity index (χ1n) is 12.8. The molecule has 174 valence electrons. The van der Waals surface area contributed by atoms with E-state index >= 15 is 0 Å². The normalized spacial score (nSPS) is 21.8. The topological polar surface area (TPSA) is 6.25 Å². The van der Waals surface area contributed by atoms with Crippen LogP contribution in [0.5, 0.6) is 0 Å². The van der Waals surface area contributed by atoms with Crippen molar-refractivity contribution in [1.82, 2.24) is 0 Å². The molecule has 0 aliphatic carbocycles. The lowest BCUT2D eigenvalue weighted by molar-refractivity contribution is -0.437. The number of para-hydroxylation sites is 2. The molecule has 0 bridgehead atoms. The lowest BCUT2D eigenvalue weighted by Gasteiger charge is -2.31. The Morgan fingerprint density at radius 2 is 1.44 bits per heavy atom. The van der Waals surface area contributed by atoms with Crippen molar-refractivity contribution < 1.29 is 4.58 Å². The van der Waals surface area contributed by atoms with Gasteiger partial charge in [0.05, 0.1) is 5.41 Å². The summed E-state index contributed by atoms with van der Waals surface area (Å²) in [7, 11) is 0. The Balaban J connectivity index is 1.73. The van der Waals surface area contributed by atoms with Gasteiger partial charge in [0.25, 0.3) is 0 Å². The largest absolute Gasteiger partial charge is 0.344 e. The quantitative estimate of drug-likeness (QED) is 0.355. The number of allylic oxidation sites excluding steroid dienone is 2. The molecule has 0 spiro atoms. The highest BCUT2D eigenvalue weighted by atomic mass is 15.2. The van der Waals surface area contributed by atoms with E-state index in [1.165, 1.54) is 39.5 Å². The molecule has 2 heteroatoms. The molecule has 0 radical (unpaired) electrons. The van der Waals surface area contributed by atoms with Crippen LogP contribution < -0.4 is 4.90 Å². The predicted octanol–water partition coefficient (Wildman–Crippen LogP) is 7.40. The third-order valence-corrected chi connectivity index (χ3v) is 7.88. The summed E-state index contributed by atoms with van der Waals surface area (Å²) in [5, 5.41) is 0. The molecule has 0 saturated carbocycles. The number of hydrogen-bond acceptors (Lipinski definition) is 1. The SMILES string of the molecule is CCC[N+]1=C(C=C2N(CC)c3ccccc3C2(C)Cc2ccccc2)C(C)(C)c2ccccc21. The Morgan fingerprint density at radius 3 is 2.15 bits per heavy atom. The van der Waals surface area contributed by atoms with Crippen molar-refractivity contribution in [3.8, 4) is 0 Å². The summed E-state index contributed by atoms with van der Waals surface area (Å²) in [6.45, 7) is 13.8. The summed E-state index contributed by atoms with van der Waals surface area (Å²) in [6, 6.07) is 29.0. The van der Waals surface area contributed by atoms with Gasteiger partial charge in [-0.1, -0.05) is 73.7 Å². The van der Waals surface area contributed by atoms with Gasteiger partial charge in [0.15, 0.2) is 5.71 Å². The molecular formula is C32H37N2+. The first kappa shape index (κ1) is 22.7. The number of anilines is 1. The number of likely N-dealkylation sites (N-methyl/N-ethyl adjacent to an activating group) is 1. The molecule has 1 unspecified atom stereocenters. The van der Waals surface area contributed by atoms with Crippen molar-refractivity contribution in [3.63, 3.8) is 0 Å². The molecule has 0 fully saturated rings. The molecular weight excluding hydrogens is 412 g/mol. The zero-order valence-electron chi connectivity index (χ0n) is 21.3. The summed E-state index contributed by atoms with van der Waals surface area (Å²) in [5.74, 6) is 0. The summed E-state index contributed by atoms with van der Waals surface area (Å²) >= 11 is 0. The summed E-state index contributed by atoms with van der Waals surface area (Å²) in [5.41, 5.74) is 9.66. The molecule has 0 amide bonds. The third-order valence-electron chi connectivity index (χ3n) is 7.88. The molecule has 0 N–H and O–H groups in total. The molecule has 0 saturated heterocycles. The average molecular weight is 450 g/mol. The van der Waals surface area contributed by atoms with Gasteiger partial charge in [0.2, 0.25) is 5.69 Å². The first-order valence-corrected chi connectivity index (χ1v) is 12.8. The van der Waals surface area contributed by atoms with Crippen molar-refractivity contribution in [2.24, 2.45) is 0 Å². The number of hydrogen-bond donors (Lipinski definition) is 0. The van der Waals surface area contributed by atoms with E-state index in [2.05, 4.69) is 129 Å². The highest BCUT2D eigenvalue weighted by molar-refractivity contribution is 6.04. The number of fused-ring (bicyclic) bond motifs is 2. The predicted molar refractivity (Wildman–Crippen MR) is 145 cm³/mol. The van der Waals surface area contributed by atoms with Crippen LogP contribution in [-0.2, 0) is 17.3 Å². The lowest BCUT2D eigenvalue weighted by Crippen LogP contribution is -2.35. The molecule has 5 rings (SSSR count). The minimum Gasteiger partial charge on any atom is -0.344 e. The Labute approximate surface area is 205 Å². The van der Waals surface area contributed by atoms with E-state index in [-0.39, 0.29) is 10.8 Å². The fraction of sp³-hybridized carbons (Fsp3) is 0.344. The Bertz CT molecular complexity index is 1260. The van der Waals surface area contributed by atoms with Crippen LogP contribution >= 0.6 is 0 Å². The third kappa shape index (κ3) is 3.43. The van der Waals surface area contributed by atoms with Crippen LogP contribution in [0.1, 0.15) is 57.7 Å². The van der Waals surface area contributed by atoms with Crippen molar-refractivity contribution in [2.75, 3.05) is 18.0 Å². The minimum absolute atomic E-state index is 0.0411. The van der Waals surface area contributed by atoms with Crippen LogP contribution in [0.15, 0.2) is 90.6 Å². The molecule has 3 aromatic rings. The fourth-order valence-corrected chi connectivity index (χ4v) is 6.20. The zero-order valence-corrected chi connectivity index (χ0v) is 21.3. The number of benzene rings is 3. The Kier molecular flexibility index (Phi) is 5.72. The Hall–Kier alpha value is -3.13. The maximum absolute atomic E-state index is 2.57. The lowest BCUT2D eigenvalue weighted by atomic mass is 9.74. The molecule has 2 heterocycles. The number of rotatable bonds is 6. The van der Waals surface area contributed by atoms with Gasteiger partial charge in [-0.3, -0.25) is 0 Å². The fourth-order valence-electron chi connectivity index (χ4n) is 6.20. The molecule has 2 aliphatic heterocycles. The van der Waals surface area contributed by atoms with Crippen molar-refractivity contribution in [2.45, 2.75) is 58.3 Å². The molecule has 2 aliphatic rings. The van der Waals surface area contributed by atoms with Gasteiger partial charge in [0, 0.05) is 47.5 Å². The molecule has 34 heavy (non-hydrogen) atoms. The van der Waals surface area contributed by atoms with Gasteiger partial charge in [-0.25, -0.2) is 0 Å². The van der Waals surface area contributed by atoms with Crippen LogP contribution in [-0.4, -0.2) is 23.4 Å². The first-order chi connectivity index (χ1) is 16.4. The van der Waals surface area contributed by atoms with Crippen molar-refractivity contribution >= 4 is 17.1 Å². The Morgan fingerprint density at radius 1 is 0.794 bits per heavy atom.